The fourth-order valence-electron chi connectivity index (χ4n) is 4.42. The van der Waals surface area contributed by atoms with E-state index in [2.05, 4.69) is 10.2 Å². The first-order valence-electron chi connectivity index (χ1n) is 11.1. The maximum atomic E-state index is 13.1. The molecule has 0 radical (unpaired) electrons. The highest BCUT2D eigenvalue weighted by Gasteiger charge is 2.29. The number of nitrogens with one attached hydrogen (secondary N) is 1. The van der Waals surface area contributed by atoms with Gasteiger partial charge in [-0.2, -0.15) is 0 Å². The number of fused-ring (bicyclic) bond motifs is 1. The summed E-state index contributed by atoms with van der Waals surface area (Å²) in [5.74, 6) is 2.38. The van der Waals surface area contributed by atoms with Crippen LogP contribution in [0.3, 0.4) is 0 Å². The van der Waals surface area contributed by atoms with Crippen LogP contribution in [0.1, 0.15) is 24.1 Å². The van der Waals surface area contributed by atoms with Crippen molar-refractivity contribution in [2.45, 2.75) is 25.8 Å². The average molecular weight is 430 g/mol. The van der Waals surface area contributed by atoms with Gasteiger partial charge in [0.25, 0.3) is 0 Å². The van der Waals surface area contributed by atoms with E-state index in [4.69, 9.17) is 14.7 Å². The Hall–Kier alpha value is -3.61. The highest BCUT2D eigenvalue weighted by atomic mass is 16.5. The standard InChI is InChI=1S/C25H27N5O2/c1-32-22-12-6-5-11-21(22)27-25(31)30-16-13-20-19(17-30)24(29-14-7-8-15-29)28-23(26-20)18-9-3-2-4-10-18/h2-6,9-12H,7-8,13-17H2,1H3,(H,27,31). The lowest BCUT2D eigenvalue weighted by atomic mass is 10.0. The molecule has 3 heterocycles. The van der Waals surface area contributed by atoms with Crippen molar-refractivity contribution in [3.05, 3.63) is 65.9 Å². The number of rotatable bonds is 4. The van der Waals surface area contributed by atoms with Gasteiger partial charge in [-0.1, -0.05) is 42.5 Å². The summed E-state index contributed by atoms with van der Waals surface area (Å²) in [7, 11) is 1.60. The third-order valence-corrected chi connectivity index (χ3v) is 6.11. The molecule has 0 unspecified atom stereocenters. The molecule has 2 aromatic carbocycles. The Balaban J connectivity index is 1.44. The fourth-order valence-corrected chi connectivity index (χ4v) is 4.42. The monoisotopic (exact) mass is 429 g/mol. The summed E-state index contributed by atoms with van der Waals surface area (Å²) in [6.07, 6.45) is 3.03. The molecule has 2 aliphatic heterocycles. The zero-order valence-corrected chi connectivity index (χ0v) is 18.3. The van der Waals surface area contributed by atoms with Gasteiger partial charge in [0.15, 0.2) is 5.82 Å². The number of hydrogen-bond acceptors (Lipinski definition) is 5. The van der Waals surface area contributed by atoms with E-state index < -0.39 is 0 Å². The molecular weight excluding hydrogens is 402 g/mol. The van der Waals surface area contributed by atoms with E-state index in [-0.39, 0.29) is 6.03 Å². The summed E-state index contributed by atoms with van der Waals surface area (Å²) < 4.78 is 5.37. The molecule has 0 saturated carbocycles. The number of para-hydroxylation sites is 2. The Kier molecular flexibility index (Phi) is 5.62. The van der Waals surface area contributed by atoms with E-state index in [0.29, 0.717) is 30.9 Å². The molecule has 1 N–H and O–H groups in total. The van der Waals surface area contributed by atoms with Gasteiger partial charge in [0.2, 0.25) is 0 Å². The first-order chi connectivity index (χ1) is 15.7. The van der Waals surface area contributed by atoms with E-state index in [1.165, 1.54) is 0 Å². The summed E-state index contributed by atoms with van der Waals surface area (Å²) in [6, 6.07) is 17.4. The predicted octanol–water partition coefficient (Wildman–Crippen LogP) is 4.34. The van der Waals surface area contributed by atoms with Crippen molar-refractivity contribution in [3.63, 3.8) is 0 Å². The van der Waals surface area contributed by atoms with Crippen LogP contribution in [-0.4, -0.2) is 47.6 Å². The van der Waals surface area contributed by atoms with Crippen LogP contribution < -0.4 is 15.0 Å². The maximum Gasteiger partial charge on any atom is 0.322 e. The van der Waals surface area contributed by atoms with Crippen molar-refractivity contribution in [3.8, 4) is 17.1 Å². The van der Waals surface area contributed by atoms with Gasteiger partial charge in [0.05, 0.1) is 25.0 Å². The summed E-state index contributed by atoms with van der Waals surface area (Å²) in [5.41, 5.74) is 3.79. The van der Waals surface area contributed by atoms with Crippen LogP contribution >= 0.6 is 0 Å². The van der Waals surface area contributed by atoms with Gasteiger partial charge in [-0.15, -0.1) is 0 Å². The number of benzene rings is 2. The van der Waals surface area contributed by atoms with E-state index in [1.54, 1.807) is 7.11 Å². The quantitative estimate of drug-likeness (QED) is 0.668. The van der Waals surface area contributed by atoms with Gasteiger partial charge in [-0.3, -0.25) is 0 Å². The second-order valence-electron chi connectivity index (χ2n) is 8.16. The lowest BCUT2D eigenvalue weighted by Gasteiger charge is -2.32. The van der Waals surface area contributed by atoms with Crippen molar-refractivity contribution >= 4 is 17.5 Å². The van der Waals surface area contributed by atoms with Crippen LogP contribution in [0.15, 0.2) is 54.6 Å². The average Bonchev–Trinajstić information content (AvgIpc) is 3.39. The van der Waals surface area contributed by atoms with Gasteiger partial charge in [0, 0.05) is 37.2 Å². The Morgan fingerprint density at radius 3 is 2.50 bits per heavy atom. The smallest absolute Gasteiger partial charge is 0.322 e. The molecule has 3 aromatic rings. The number of amides is 2. The molecule has 32 heavy (non-hydrogen) atoms. The number of anilines is 2. The molecule has 7 heteroatoms. The molecule has 164 valence electrons. The molecule has 0 atom stereocenters. The van der Waals surface area contributed by atoms with Crippen LogP contribution in [0.5, 0.6) is 5.75 Å². The second-order valence-corrected chi connectivity index (χ2v) is 8.16. The molecule has 5 rings (SSSR count). The summed E-state index contributed by atoms with van der Waals surface area (Å²) in [6.45, 7) is 3.09. The lowest BCUT2D eigenvalue weighted by molar-refractivity contribution is 0.206. The third kappa shape index (κ3) is 3.98. The molecule has 2 amide bonds. The van der Waals surface area contributed by atoms with Gasteiger partial charge in [0.1, 0.15) is 11.6 Å². The maximum absolute atomic E-state index is 13.1. The molecule has 1 saturated heterocycles. The van der Waals surface area contributed by atoms with Crippen LogP contribution in [0, 0.1) is 0 Å². The van der Waals surface area contributed by atoms with Gasteiger partial charge in [-0.25, -0.2) is 14.8 Å². The van der Waals surface area contributed by atoms with Crippen molar-refractivity contribution < 1.29 is 9.53 Å². The van der Waals surface area contributed by atoms with E-state index in [0.717, 1.165) is 54.4 Å². The molecular formula is C25H27N5O2. The largest absolute Gasteiger partial charge is 0.495 e. The van der Waals surface area contributed by atoms with Crippen LogP contribution in [0.25, 0.3) is 11.4 Å². The van der Waals surface area contributed by atoms with Crippen LogP contribution in [0.2, 0.25) is 0 Å². The Morgan fingerprint density at radius 1 is 0.969 bits per heavy atom. The minimum absolute atomic E-state index is 0.139. The fraction of sp³-hybridized carbons (Fsp3) is 0.320. The number of hydrogen-bond donors (Lipinski definition) is 1. The highest BCUT2D eigenvalue weighted by molar-refractivity contribution is 5.91. The van der Waals surface area contributed by atoms with E-state index >= 15 is 0 Å². The van der Waals surface area contributed by atoms with Crippen molar-refractivity contribution in [2.75, 3.05) is 37.0 Å². The zero-order chi connectivity index (χ0) is 21.9. The predicted molar refractivity (Wildman–Crippen MR) is 125 cm³/mol. The summed E-state index contributed by atoms with van der Waals surface area (Å²) >= 11 is 0. The number of ether oxygens (including phenoxy) is 1. The third-order valence-electron chi connectivity index (χ3n) is 6.11. The first kappa shape index (κ1) is 20.3. The van der Waals surface area contributed by atoms with E-state index in [1.807, 2.05) is 59.5 Å². The van der Waals surface area contributed by atoms with Gasteiger partial charge < -0.3 is 19.9 Å². The Labute approximate surface area is 188 Å². The van der Waals surface area contributed by atoms with Gasteiger partial charge >= 0.3 is 6.03 Å². The second kappa shape index (κ2) is 8.86. The topological polar surface area (TPSA) is 70.6 Å². The number of aromatic nitrogens is 2. The van der Waals surface area contributed by atoms with Crippen LogP contribution in [-0.2, 0) is 13.0 Å². The van der Waals surface area contributed by atoms with Gasteiger partial charge in [-0.05, 0) is 25.0 Å². The normalized spacial score (nSPS) is 15.4. The number of carbonyl (C=O) groups is 1. The summed E-state index contributed by atoms with van der Waals surface area (Å²) in [4.78, 5) is 27.1. The molecule has 0 bridgehead atoms. The minimum Gasteiger partial charge on any atom is -0.495 e. The number of urea groups is 1. The van der Waals surface area contributed by atoms with Crippen molar-refractivity contribution in [2.24, 2.45) is 0 Å². The first-order valence-corrected chi connectivity index (χ1v) is 11.1. The SMILES string of the molecule is COc1ccccc1NC(=O)N1CCc2nc(-c3ccccc3)nc(N3CCCC3)c2C1. The highest BCUT2D eigenvalue weighted by Crippen LogP contribution is 2.32. The summed E-state index contributed by atoms with van der Waals surface area (Å²) in [5, 5.41) is 3.00. The number of methoxy groups -OCH3 is 1. The van der Waals surface area contributed by atoms with Crippen molar-refractivity contribution in [1.82, 2.24) is 14.9 Å². The molecule has 0 aliphatic carbocycles. The molecule has 7 nitrogen and oxygen atoms in total. The lowest BCUT2D eigenvalue weighted by Crippen LogP contribution is -2.40. The number of carbonyl (C=O) groups excluding carboxylic acids is 1. The molecule has 0 spiro atoms. The Morgan fingerprint density at radius 2 is 1.72 bits per heavy atom. The molecule has 1 fully saturated rings. The molecule has 1 aromatic heterocycles. The van der Waals surface area contributed by atoms with E-state index in [9.17, 15) is 4.79 Å². The molecule has 2 aliphatic rings. The number of nitrogens with zero attached hydrogens (tertiary/aromatic N) is 4. The zero-order valence-electron chi connectivity index (χ0n) is 18.3. The Bertz CT molecular complexity index is 1110. The van der Waals surface area contributed by atoms with Crippen LogP contribution in [0.4, 0.5) is 16.3 Å². The van der Waals surface area contributed by atoms with Crippen molar-refractivity contribution in [1.29, 1.82) is 0 Å². The minimum atomic E-state index is -0.139.